The number of allylic oxidation sites excluding steroid dienone is 4. The Morgan fingerprint density at radius 1 is 0.787 bits per heavy atom. The normalized spacial score (nSPS) is 19.0. The zero-order valence-electron chi connectivity index (χ0n) is 28.5. The van der Waals surface area contributed by atoms with Gasteiger partial charge in [-0.3, -0.25) is 14.4 Å². The Labute approximate surface area is 278 Å². The number of rotatable bonds is 8. The molecule has 3 aliphatic rings. The van der Waals surface area contributed by atoms with Crippen molar-refractivity contribution in [2.75, 3.05) is 18.5 Å². The summed E-state index contributed by atoms with van der Waals surface area (Å²) in [5.74, 6) is 0.0204. The Bertz CT molecular complexity index is 1740. The molecule has 0 unspecified atom stereocenters. The first-order valence-electron chi connectivity index (χ1n) is 16.7. The number of aryl methyl sites for hydroxylation is 2. The van der Waals surface area contributed by atoms with Crippen LogP contribution in [0.15, 0.2) is 95.3 Å². The third kappa shape index (κ3) is 6.97. The monoisotopic (exact) mass is 630 g/mol. The van der Waals surface area contributed by atoms with Gasteiger partial charge in [0.2, 0.25) is 0 Å². The molecule has 0 atom stereocenters. The molecule has 0 saturated heterocycles. The largest absolute Gasteiger partial charge is 0.484 e. The number of hydrogen-bond acceptors (Lipinski definition) is 5. The second kappa shape index (κ2) is 12.6. The van der Waals surface area contributed by atoms with Crippen LogP contribution in [0.2, 0.25) is 0 Å². The standard InChI is InChI=1S/C41H46N2O4/c1-26-15-16-30(19-27(26)2)42-36(46)25-47-31-14-10-13-29(20-31)37-38-32(21-40(3,4)23-34(38)44)43(18-17-28-11-8-7-9-12-28)33-22-41(5,6)24-35(45)39(33)37/h7-16,19-20,37H,17-18,21-25H2,1-6H3,(H,42,46). The lowest BCUT2D eigenvalue weighted by Gasteiger charge is -2.49. The van der Waals surface area contributed by atoms with Crippen molar-refractivity contribution in [2.45, 2.75) is 79.6 Å². The molecule has 1 aliphatic heterocycles. The van der Waals surface area contributed by atoms with Gasteiger partial charge in [0.25, 0.3) is 5.91 Å². The molecule has 1 N–H and O–H groups in total. The molecule has 0 bridgehead atoms. The second-order valence-electron chi connectivity index (χ2n) is 15.1. The van der Waals surface area contributed by atoms with Gasteiger partial charge in [0.1, 0.15) is 5.75 Å². The van der Waals surface area contributed by atoms with E-state index in [4.69, 9.17) is 4.74 Å². The minimum Gasteiger partial charge on any atom is -0.484 e. The first-order valence-corrected chi connectivity index (χ1v) is 16.7. The fraction of sp³-hybridized carbons (Fsp3) is 0.390. The van der Waals surface area contributed by atoms with Crippen LogP contribution in [0.1, 0.15) is 81.5 Å². The highest BCUT2D eigenvalue weighted by atomic mass is 16.5. The Kier molecular flexibility index (Phi) is 8.73. The van der Waals surface area contributed by atoms with E-state index in [0.717, 1.165) is 64.2 Å². The molecule has 3 aromatic rings. The van der Waals surface area contributed by atoms with Crippen LogP contribution >= 0.6 is 0 Å². The number of nitrogens with zero attached hydrogens (tertiary/aromatic N) is 1. The lowest BCUT2D eigenvalue weighted by atomic mass is 9.63. The second-order valence-corrected chi connectivity index (χ2v) is 15.1. The maximum absolute atomic E-state index is 14.2. The Morgan fingerprint density at radius 3 is 2.04 bits per heavy atom. The van der Waals surface area contributed by atoms with E-state index in [1.807, 2.05) is 62.4 Å². The summed E-state index contributed by atoms with van der Waals surface area (Å²) >= 11 is 0. The summed E-state index contributed by atoms with van der Waals surface area (Å²) in [7, 11) is 0. The molecule has 3 aromatic carbocycles. The highest BCUT2D eigenvalue weighted by Gasteiger charge is 2.48. The van der Waals surface area contributed by atoms with Crippen molar-refractivity contribution in [3.8, 4) is 5.75 Å². The van der Waals surface area contributed by atoms with Crippen LogP contribution in [0, 0.1) is 24.7 Å². The molecule has 2 aliphatic carbocycles. The van der Waals surface area contributed by atoms with E-state index in [1.165, 1.54) is 5.56 Å². The molecule has 0 fully saturated rings. The van der Waals surface area contributed by atoms with E-state index in [0.29, 0.717) is 25.1 Å². The molecule has 6 heteroatoms. The number of carbonyl (C=O) groups is 3. The minimum absolute atomic E-state index is 0.106. The summed E-state index contributed by atoms with van der Waals surface area (Å²) in [6, 6.07) is 23.8. The Hall–Kier alpha value is -4.45. The van der Waals surface area contributed by atoms with Crippen molar-refractivity contribution in [1.29, 1.82) is 0 Å². The number of Topliss-reactive ketones (excluding diaryl/α,β-unsaturated/α-hetero) is 2. The van der Waals surface area contributed by atoms with E-state index >= 15 is 0 Å². The molecular weight excluding hydrogens is 584 g/mol. The van der Waals surface area contributed by atoms with Crippen molar-refractivity contribution in [3.05, 3.63) is 118 Å². The van der Waals surface area contributed by atoms with E-state index in [2.05, 4.69) is 62.2 Å². The molecule has 6 rings (SSSR count). The van der Waals surface area contributed by atoms with Crippen LogP contribution in [-0.2, 0) is 20.8 Å². The van der Waals surface area contributed by atoms with Crippen LogP contribution in [0.4, 0.5) is 5.69 Å². The number of ether oxygens (including phenoxy) is 1. The van der Waals surface area contributed by atoms with Crippen LogP contribution in [0.25, 0.3) is 0 Å². The molecule has 1 heterocycles. The van der Waals surface area contributed by atoms with Crippen molar-refractivity contribution < 1.29 is 19.1 Å². The highest BCUT2D eigenvalue weighted by molar-refractivity contribution is 6.06. The molecule has 0 aromatic heterocycles. The van der Waals surface area contributed by atoms with Gasteiger partial charge in [0, 0.05) is 53.5 Å². The van der Waals surface area contributed by atoms with Gasteiger partial charge < -0.3 is 15.0 Å². The predicted octanol–water partition coefficient (Wildman–Crippen LogP) is 8.25. The predicted molar refractivity (Wildman–Crippen MR) is 186 cm³/mol. The lowest BCUT2D eigenvalue weighted by Crippen LogP contribution is -2.45. The van der Waals surface area contributed by atoms with Crippen molar-refractivity contribution in [1.82, 2.24) is 4.90 Å². The van der Waals surface area contributed by atoms with Gasteiger partial charge in [-0.2, -0.15) is 0 Å². The number of amides is 1. The first-order chi connectivity index (χ1) is 22.3. The van der Waals surface area contributed by atoms with Crippen molar-refractivity contribution >= 4 is 23.2 Å². The van der Waals surface area contributed by atoms with Gasteiger partial charge in [-0.05, 0) is 90.5 Å². The third-order valence-corrected chi connectivity index (χ3v) is 9.84. The van der Waals surface area contributed by atoms with Gasteiger partial charge in [-0.15, -0.1) is 0 Å². The van der Waals surface area contributed by atoms with Gasteiger partial charge in [0.15, 0.2) is 18.2 Å². The van der Waals surface area contributed by atoms with Crippen LogP contribution in [0.5, 0.6) is 5.75 Å². The number of anilines is 1. The zero-order chi connectivity index (χ0) is 33.5. The summed E-state index contributed by atoms with van der Waals surface area (Å²) in [5.41, 5.74) is 8.28. The van der Waals surface area contributed by atoms with Gasteiger partial charge in [-0.1, -0.05) is 76.2 Å². The molecule has 0 saturated carbocycles. The molecule has 0 radical (unpaired) electrons. The Balaban J connectivity index is 1.35. The fourth-order valence-electron chi connectivity index (χ4n) is 7.49. The highest BCUT2D eigenvalue weighted by Crippen LogP contribution is 2.54. The van der Waals surface area contributed by atoms with Crippen molar-refractivity contribution in [2.24, 2.45) is 10.8 Å². The maximum Gasteiger partial charge on any atom is 0.262 e. The lowest BCUT2D eigenvalue weighted by molar-refractivity contribution is -0.120. The van der Waals surface area contributed by atoms with E-state index in [9.17, 15) is 14.4 Å². The topological polar surface area (TPSA) is 75.7 Å². The summed E-state index contributed by atoms with van der Waals surface area (Å²) in [6.07, 6.45) is 3.22. The average molecular weight is 631 g/mol. The molecule has 0 spiro atoms. The SMILES string of the molecule is Cc1ccc(NC(=O)COc2cccc(C3C4=C(CC(C)(C)CC4=O)N(CCc4ccccc4)C4=C3C(=O)CC(C)(C)C4)c2)cc1C. The quantitative estimate of drug-likeness (QED) is 0.271. The number of benzene rings is 3. The third-order valence-electron chi connectivity index (χ3n) is 9.84. The summed E-state index contributed by atoms with van der Waals surface area (Å²) in [6.45, 7) is 13.3. The van der Waals surface area contributed by atoms with Crippen molar-refractivity contribution in [3.63, 3.8) is 0 Å². The first kappa shape index (κ1) is 32.5. The van der Waals surface area contributed by atoms with Gasteiger partial charge in [0.05, 0.1) is 0 Å². The smallest absolute Gasteiger partial charge is 0.262 e. The average Bonchev–Trinajstić information content (AvgIpc) is 3.00. The van der Waals surface area contributed by atoms with E-state index in [-0.39, 0.29) is 34.9 Å². The summed E-state index contributed by atoms with van der Waals surface area (Å²) in [5, 5.41) is 2.91. The van der Waals surface area contributed by atoms with Crippen LogP contribution in [0.3, 0.4) is 0 Å². The van der Waals surface area contributed by atoms with E-state index in [1.54, 1.807) is 0 Å². The van der Waals surface area contributed by atoms with Crippen LogP contribution < -0.4 is 10.1 Å². The van der Waals surface area contributed by atoms with Crippen LogP contribution in [-0.4, -0.2) is 35.5 Å². The molecule has 6 nitrogen and oxygen atoms in total. The Morgan fingerprint density at radius 2 is 1.43 bits per heavy atom. The van der Waals surface area contributed by atoms with Gasteiger partial charge >= 0.3 is 0 Å². The number of nitrogens with one attached hydrogen (secondary N) is 1. The molecule has 244 valence electrons. The summed E-state index contributed by atoms with van der Waals surface area (Å²) in [4.78, 5) is 43.5. The molecular formula is C41H46N2O4. The number of hydrogen-bond donors (Lipinski definition) is 1. The van der Waals surface area contributed by atoms with E-state index < -0.39 is 5.92 Å². The molecule has 1 amide bonds. The zero-order valence-corrected chi connectivity index (χ0v) is 28.5. The van der Waals surface area contributed by atoms with Gasteiger partial charge in [-0.25, -0.2) is 0 Å². The summed E-state index contributed by atoms with van der Waals surface area (Å²) < 4.78 is 6.00. The number of ketones is 2. The maximum atomic E-state index is 14.2. The number of carbonyl (C=O) groups excluding carboxylic acids is 3. The fourth-order valence-corrected chi connectivity index (χ4v) is 7.49. The minimum atomic E-state index is -0.465. The molecule has 47 heavy (non-hydrogen) atoms.